The van der Waals surface area contributed by atoms with Gasteiger partial charge in [0.2, 0.25) is 5.91 Å². The molecule has 1 aliphatic heterocycles. The topological polar surface area (TPSA) is 38.1 Å². The van der Waals surface area contributed by atoms with Crippen LogP contribution in [0.2, 0.25) is 0 Å². The van der Waals surface area contributed by atoms with E-state index in [-0.39, 0.29) is 5.91 Å². The van der Waals surface area contributed by atoms with Gasteiger partial charge in [-0.15, -0.1) is 0 Å². The van der Waals surface area contributed by atoms with Gasteiger partial charge in [0.15, 0.2) is 0 Å². The minimum atomic E-state index is 0.222. The van der Waals surface area contributed by atoms with Crippen LogP contribution in [0, 0.1) is 0 Å². The molecule has 0 atom stereocenters. The first-order chi connectivity index (χ1) is 11.3. The van der Waals surface area contributed by atoms with Crippen molar-refractivity contribution in [2.24, 2.45) is 0 Å². The summed E-state index contributed by atoms with van der Waals surface area (Å²) in [5, 5.41) is 0. The molecular formula is C19H23N3O. The van der Waals surface area contributed by atoms with E-state index >= 15 is 0 Å². The standard InChI is InChI=1S/C19H23N3O/c23-19-11-10-15-6-4-5-9-18(15)21(19)13-17-12-20-14-22(17)16-7-2-1-3-8-16/h4-6,9,12,14,16H,1-3,7-8,10-11,13H2. The van der Waals surface area contributed by atoms with E-state index < -0.39 is 0 Å². The molecule has 0 N–H and O–H groups in total. The lowest BCUT2D eigenvalue weighted by molar-refractivity contribution is -0.119. The summed E-state index contributed by atoms with van der Waals surface area (Å²) in [5.74, 6) is 0.222. The summed E-state index contributed by atoms with van der Waals surface area (Å²) < 4.78 is 2.31. The number of imidazole rings is 1. The molecule has 2 aromatic rings. The molecule has 1 aliphatic carbocycles. The lowest BCUT2D eigenvalue weighted by Crippen LogP contribution is -2.35. The number of rotatable bonds is 3. The first-order valence-electron chi connectivity index (χ1n) is 8.72. The van der Waals surface area contributed by atoms with Crippen LogP contribution in [0.25, 0.3) is 0 Å². The van der Waals surface area contributed by atoms with Crippen molar-refractivity contribution in [3.63, 3.8) is 0 Å². The van der Waals surface area contributed by atoms with Crippen molar-refractivity contribution >= 4 is 11.6 Å². The fourth-order valence-electron chi connectivity index (χ4n) is 3.97. The Balaban J connectivity index is 1.61. The monoisotopic (exact) mass is 309 g/mol. The molecule has 0 saturated heterocycles. The maximum Gasteiger partial charge on any atom is 0.227 e. The fourth-order valence-corrected chi connectivity index (χ4v) is 3.97. The van der Waals surface area contributed by atoms with Gasteiger partial charge >= 0.3 is 0 Å². The molecule has 23 heavy (non-hydrogen) atoms. The number of amides is 1. The van der Waals surface area contributed by atoms with Gasteiger partial charge in [0, 0.05) is 24.3 Å². The SMILES string of the molecule is O=C1CCc2ccccc2N1Cc1cncn1C1CCCCC1. The summed E-state index contributed by atoms with van der Waals surface area (Å²) in [7, 11) is 0. The van der Waals surface area contributed by atoms with Crippen molar-refractivity contribution in [3.8, 4) is 0 Å². The number of carbonyl (C=O) groups is 1. The average molecular weight is 309 g/mol. The number of aryl methyl sites for hydroxylation is 1. The summed E-state index contributed by atoms with van der Waals surface area (Å²) >= 11 is 0. The zero-order valence-corrected chi connectivity index (χ0v) is 13.4. The van der Waals surface area contributed by atoms with Crippen molar-refractivity contribution < 1.29 is 4.79 Å². The highest BCUT2D eigenvalue weighted by Gasteiger charge is 2.26. The summed E-state index contributed by atoms with van der Waals surface area (Å²) in [6.07, 6.45) is 11.7. The third kappa shape index (κ3) is 2.78. The lowest BCUT2D eigenvalue weighted by atomic mass is 9.95. The highest BCUT2D eigenvalue weighted by atomic mass is 16.2. The third-order valence-corrected chi connectivity index (χ3v) is 5.23. The number of hydrogen-bond donors (Lipinski definition) is 0. The van der Waals surface area contributed by atoms with Crippen LogP contribution in [0.3, 0.4) is 0 Å². The van der Waals surface area contributed by atoms with Crippen LogP contribution in [0.5, 0.6) is 0 Å². The van der Waals surface area contributed by atoms with Crippen LogP contribution in [-0.2, 0) is 17.8 Å². The molecule has 0 radical (unpaired) electrons. The van der Waals surface area contributed by atoms with Crippen LogP contribution in [-0.4, -0.2) is 15.5 Å². The lowest BCUT2D eigenvalue weighted by Gasteiger charge is -2.31. The molecular weight excluding hydrogens is 286 g/mol. The van der Waals surface area contributed by atoms with Gasteiger partial charge in [0.25, 0.3) is 0 Å². The third-order valence-electron chi connectivity index (χ3n) is 5.23. The predicted molar refractivity (Wildman–Crippen MR) is 90.3 cm³/mol. The molecule has 1 fully saturated rings. The minimum absolute atomic E-state index is 0.222. The Hall–Kier alpha value is -2.10. The Bertz CT molecular complexity index is 700. The van der Waals surface area contributed by atoms with Crippen LogP contribution in [0.4, 0.5) is 5.69 Å². The van der Waals surface area contributed by atoms with Gasteiger partial charge in [0.05, 0.1) is 18.6 Å². The van der Waals surface area contributed by atoms with E-state index in [1.54, 1.807) is 0 Å². The molecule has 0 spiro atoms. The summed E-state index contributed by atoms with van der Waals surface area (Å²) in [4.78, 5) is 18.8. The molecule has 1 aromatic heterocycles. The van der Waals surface area contributed by atoms with E-state index in [4.69, 9.17) is 0 Å². The molecule has 1 saturated carbocycles. The average Bonchev–Trinajstić information content (AvgIpc) is 3.06. The summed E-state index contributed by atoms with van der Waals surface area (Å²) in [6, 6.07) is 8.82. The number of benzene rings is 1. The number of para-hydroxylation sites is 1. The molecule has 2 heterocycles. The Morgan fingerprint density at radius 2 is 1.91 bits per heavy atom. The number of hydrogen-bond acceptors (Lipinski definition) is 2. The van der Waals surface area contributed by atoms with E-state index in [1.165, 1.54) is 37.7 Å². The maximum absolute atomic E-state index is 12.5. The quantitative estimate of drug-likeness (QED) is 0.863. The second-order valence-electron chi connectivity index (χ2n) is 6.69. The number of fused-ring (bicyclic) bond motifs is 1. The maximum atomic E-state index is 12.5. The van der Waals surface area contributed by atoms with Crippen molar-refractivity contribution in [3.05, 3.63) is 48.0 Å². The smallest absolute Gasteiger partial charge is 0.227 e. The highest BCUT2D eigenvalue weighted by Crippen LogP contribution is 2.32. The zero-order chi connectivity index (χ0) is 15.6. The van der Waals surface area contributed by atoms with Crippen LogP contribution in [0.15, 0.2) is 36.8 Å². The Labute approximate surface area is 137 Å². The van der Waals surface area contributed by atoms with Gasteiger partial charge in [-0.3, -0.25) is 4.79 Å². The second kappa shape index (κ2) is 6.19. The van der Waals surface area contributed by atoms with Crippen molar-refractivity contribution in [1.29, 1.82) is 0 Å². The number of nitrogens with zero attached hydrogens (tertiary/aromatic N) is 3. The molecule has 1 aromatic carbocycles. The largest absolute Gasteiger partial charge is 0.330 e. The number of aromatic nitrogens is 2. The van der Waals surface area contributed by atoms with Gasteiger partial charge in [-0.05, 0) is 30.9 Å². The normalized spacial score (nSPS) is 19.0. The molecule has 0 unspecified atom stereocenters. The Kier molecular flexibility index (Phi) is 3.90. The molecule has 4 rings (SSSR count). The van der Waals surface area contributed by atoms with Crippen molar-refractivity contribution in [2.75, 3.05) is 4.90 Å². The summed E-state index contributed by atoms with van der Waals surface area (Å²) in [5.41, 5.74) is 3.50. The predicted octanol–water partition coefficient (Wildman–Crippen LogP) is 3.87. The first-order valence-corrected chi connectivity index (χ1v) is 8.72. The fraction of sp³-hybridized carbons (Fsp3) is 0.474. The molecule has 0 bridgehead atoms. The van der Waals surface area contributed by atoms with Gasteiger partial charge in [0.1, 0.15) is 0 Å². The highest BCUT2D eigenvalue weighted by molar-refractivity contribution is 5.96. The molecule has 4 heteroatoms. The first kappa shape index (κ1) is 14.5. The molecule has 4 nitrogen and oxygen atoms in total. The van der Waals surface area contributed by atoms with E-state index in [9.17, 15) is 4.79 Å². The van der Waals surface area contributed by atoms with Crippen LogP contribution < -0.4 is 4.90 Å². The Morgan fingerprint density at radius 3 is 2.78 bits per heavy atom. The van der Waals surface area contributed by atoms with Crippen LogP contribution >= 0.6 is 0 Å². The second-order valence-corrected chi connectivity index (χ2v) is 6.69. The molecule has 120 valence electrons. The van der Waals surface area contributed by atoms with E-state index in [0.29, 0.717) is 19.0 Å². The van der Waals surface area contributed by atoms with Gasteiger partial charge < -0.3 is 9.47 Å². The van der Waals surface area contributed by atoms with Gasteiger partial charge in [-0.1, -0.05) is 37.5 Å². The van der Waals surface area contributed by atoms with E-state index in [1.807, 2.05) is 23.5 Å². The van der Waals surface area contributed by atoms with Gasteiger partial charge in [-0.25, -0.2) is 4.98 Å². The minimum Gasteiger partial charge on any atom is -0.330 e. The van der Waals surface area contributed by atoms with Crippen molar-refractivity contribution in [1.82, 2.24) is 9.55 Å². The van der Waals surface area contributed by atoms with E-state index in [2.05, 4.69) is 27.8 Å². The Morgan fingerprint density at radius 1 is 1.09 bits per heavy atom. The summed E-state index contributed by atoms with van der Waals surface area (Å²) in [6.45, 7) is 0.631. The van der Waals surface area contributed by atoms with E-state index in [0.717, 1.165) is 17.8 Å². The van der Waals surface area contributed by atoms with Crippen LogP contribution in [0.1, 0.15) is 55.8 Å². The van der Waals surface area contributed by atoms with Crippen molar-refractivity contribution in [2.45, 2.75) is 57.5 Å². The number of anilines is 1. The number of carbonyl (C=O) groups excluding carboxylic acids is 1. The molecule has 2 aliphatic rings. The van der Waals surface area contributed by atoms with Gasteiger partial charge in [-0.2, -0.15) is 0 Å². The zero-order valence-electron chi connectivity index (χ0n) is 13.4. The molecule has 1 amide bonds.